The second-order valence-electron chi connectivity index (χ2n) is 5.54. The summed E-state index contributed by atoms with van der Waals surface area (Å²) in [5, 5.41) is 20.9. The molecule has 1 heterocycles. The van der Waals surface area contributed by atoms with E-state index in [1.165, 1.54) is 30.4 Å². The van der Waals surface area contributed by atoms with Crippen LogP contribution in [0.4, 0.5) is 11.7 Å². The standard InChI is InChI=1S/C19H16N4O5/c1-2-27-16-9-7-14(8-10-16)18-21-22-19(28-18)20-17(24)11-6-13-4-3-5-15(12-13)23(25)26/h3-12H,2H2,1H3,(H,20,22,24)/b11-6+. The Morgan fingerprint density at radius 3 is 2.75 bits per heavy atom. The molecule has 0 aliphatic heterocycles. The highest BCUT2D eigenvalue weighted by molar-refractivity contribution is 6.00. The van der Waals surface area contributed by atoms with Crippen molar-refractivity contribution in [3.05, 3.63) is 70.3 Å². The molecular formula is C19H16N4O5. The van der Waals surface area contributed by atoms with E-state index in [0.717, 1.165) is 5.75 Å². The van der Waals surface area contributed by atoms with Gasteiger partial charge in [-0.2, -0.15) is 0 Å². The Balaban J connectivity index is 1.63. The van der Waals surface area contributed by atoms with Crippen molar-refractivity contribution in [3.63, 3.8) is 0 Å². The largest absolute Gasteiger partial charge is 0.494 e. The lowest BCUT2D eigenvalue weighted by atomic mass is 10.2. The quantitative estimate of drug-likeness (QED) is 0.377. The first kappa shape index (κ1) is 18.8. The van der Waals surface area contributed by atoms with Gasteiger partial charge in [0.05, 0.1) is 11.5 Å². The third-order valence-electron chi connectivity index (χ3n) is 3.58. The van der Waals surface area contributed by atoms with Crippen LogP contribution < -0.4 is 10.1 Å². The first-order chi connectivity index (χ1) is 13.5. The van der Waals surface area contributed by atoms with Gasteiger partial charge in [0.25, 0.3) is 11.6 Å². The third-order valence-corrected chi connectivity index (χ3v) is 3.58. The molecule has 142 valence electrons. The zero-order chi connectivity index (χ0) is 19.9. The number of amides is 1. The summed E-state index contributed by atoms with van der Waals surface area (Å²) in [7, 11) is 0. The number of nitrogens with one attached hydrogen (secondary N) is 1. The molecule has 1 aromatic heterocycles. The molecule has 0 aliphatic rings. The van der Waals surface area contributed by atoms with E-state index in [9.17, 15) is 14.9 Å². The van der Waals surface area contributed by atoms with Gasteiger partial charge in [-0.05, 0) is 42.8 Å². The number of non-ortho nitro benzene ring substituents is 1. The van der Waals surface area contributed by atoms with E-state index in [0.29, 0.717) is 17.7 Å². The van der Waals surface area contributed by atoms with Gasteiger partial charge in [0.15, 0.2) is 0 Å². The van der Waals surface area contributed by atoms with Crippen LogP contribution in [0.15, 0.2) is 59.0 Å². The van der Waals surface area contributed by atoms with Crippen molar-refractivity contribution >= 4 is 23.7 Å². The average molecular weight is 380 g/mol. The molecule has 3 rings (SSSR count). The average Bonchev–Trinajstić information content (AvgIpc) is 3.16. The highest BCUT2D eigenvalue weighted by Gasteiger charge is 2.10. The molecule has 0 aliphatic carbocycles. The second-order valence-corrected chi connectivity index (χ2v) is 5.54. The second kappa shape index (κ2) is 8.58. The molecule has 28 heavy (non-hydrogen) atoms. The van der Waals surface area contributed by atoms with Crippen molar-refractivity contribution in [2.24, 2.45) is 0 Å². The minimum Gasteiger partial charge on any atom is -0.494 e. The third kappa shape index (κ3) is 4.79. The Morgan fingerprint density at radius 1 is 1.25 bits per heavy atom. The summed E-state index contributed by atoms with van der Waals surface area (Å²) < 4.78 is 10.8. The Labute approximate surface area is 159 Å². The van der Waals surface area contributed by atoms with Crippen LogP contribution in [0.1, 0.15) is 12.5 Å². The van der Waals surface area contributed by atoms with E-state index < -0.39 is 10.8 Å². The number of carbonyl (C=O) groups excluding carboxylic acids is 1. The number of hydrogen-bond donors (Lipinski definition) is 1. The van der Waals surface area contributed by atoms with Gasteiger partial charge < -0.3 is 9.15 Å². The number of anilines is 1. The molecule has 1 N–H and O–H groups in total. The number of ether oxygens (including phenoxy) is 1. The van der Waals surface area contributed by atoms with Crippen molar-refractivity contribution in [1.29, 1.82) is 0 Å². The number of nitro groups is 1. The fourth-order valence-corrected chi connectivity index (χ4v) is 2.31. The molecule has 3 aromatic rings. The summed E-state index contributed by atoms with van der Waals surface area (Å²) in [6, 6.07) is 13.0. The van der Waals surface area contributed by atoms with Crippen LogP contribution in [0.2, 0.25) is 0 Å². The van der Waals surface area contributed by atoms with E-state index in [1.807, 2.05) is 6.92 Å². The number of carbonyl (C=O) groups is 1. The van der Waals surface area contributed by atoms with Crippen LogP contribution in [0.3, 0.4) is 0 Å². The maximum atomic E-state index is 12.0. The Morgan fingerprint density at radius 2 is 2.04 bits per heavy atom. The van der Waals surface area contributed by atoms with Crippen LogP contribution in [0.25, 0.3) is 17.5 Å². The zero-order valence-electron chi connectivity index (χ0n) is 14.9. The molecule has 0 unspecified atom stereocenters. The summed E-state index contributed by atoms with van der Waals surface area (Å²) in [5.41, 5.74) is 1.15. The number of rotatable bonds is 7. The summed E-state index contributed by atoms with van der Waals surface area (Å²) >= 11 is 0. The predicted octanol–water partition coefficient (Wildman–Crippen LogP) is 3.70. The molecule has 9 nitrogen and oxygen atoms in total. The first-order valence-electron chi connectivity index (χ1n) is 8.35. The van der Waals surface area contributed by atoms with Crippen LogP contribution in [-0.2, 0) is 4.79 Å². The highest BCUT2D eigenvalue weighted by atomic mass is 16.6. The number of aromatic nitrogens is 2. The van der Waals surface area contributed by atoms with Gasteiger partial charge >= 0.3 is 6.01 Å². The van der Waals surface area contributed by atoms with Crippen LogP contribution >= 0.6 is 0 Å². The number of nitro benzene ring substituents is 1. The van der Waals surface area contributed by atoms with Crippen molar-refractivity contribution in [3.8, 4) is 17.2 Å². The van der Waals surface area contributed by atoms with E-state index in [2.05, 4.69) is 15.5 Å². The number of nitrogens with zero attached hydrogens (tertiary/aromatic N) is 3. The lowest BCUT2D eigenvalue weighted by Gasteiger charge is -2.02. The van der Waals surface area contributed by atoms with Gasteiger partial charge in [-0.25, -0.2) is 0 Å². The van der Waals surface area contributed by atoms with E-state index in [1.54, 1.807) is 30.3 Å². The van der Waals surface area contributed by atoms with Crippen LogP contribution in [-0.4, -0.2) is 27.6 Å². The lowest BCUT2D eigenvalue weighted by molar-refractivity contribution is -0.384. The number of benzene rings is 2. The summed E-state index contributed by atoms with van der Waals surface area (Å²) in [4.78, 5) is 22.3. The van der Waals surface area contributed by atoms with Gasteiger partial charge in [-0.3, -0.25) is 20.2 Å². The van der Waals surface area contributed by atoms with Crippen molar-refractivity contribution in [1.82, 2.24) is 10.2 Å². The summed E-state index contributed by atoms with van der Waals surface area (Å²) in [6.45, 7) is 2.47. The Bertz CT molecular complexity index is 1010. The molecule has 0 saturated heterocycles. The maximum Gasteiger partial charge on any atom is 0.322 e. The van der Waals surface area contributed by atoms with E-state index >= 15 is 0 Å². The summed E-state index contributed by atoms with van der Waals surface area (Å²) in [6.07, 6.45) is 2.67. The molecule has 2 aromatic carbocycles. The molecular weight excluding hydrogens is 364 g/mol. The normalized spacial score (nSPS) is 10.8. The fourth-order valence-electron chi connectivity index (χ4n) is 2.31. The molecule has 0 fully saturated rings. The summed E-state index contributed by atoms with van der Waals surface area (Å²) in [5.74, 6) is 0.472. The van der Waals surface area contributed by atoms with Crippen molar-refractivity contribution in [2.75, 3.05) is 11.9 Å². The fraction of sp³-hybridized carbons (Fsp3) is 0.105. The van der Waals surface area contributed by atoms with Crippen LogP contribution in [0, 0.1) is 10.1 Å². The van der Waals surface area contributed by atoms with Gasteiger partial charge in [-0.1, -0.05) is 17.2 Å². The molecule has 0 atom stereocenters. The Kier molecular flexibility index (Phi) is 5.75. The van der Waals surface area contributed by atoms with Gasteiger partial charge in [-0.15, -0.1) is 5.10 Å². The SMILES string of the molecule is CCOc1ccc(-c2nnc(NC(=O)/C=C/c3cccc([N+](=O)[O-])c3)o2)cc1. The van der Waals surface area contributed by atoms with Crippen molar-refractivity contribution in [2.45, 2.75) is 6.92 Å². The monoisotopic (exact) mass is 380 g/mol. The van der Waals surface area contributed by atoms with Gasteiger partial charge in [0.1, 0.15) is 5.75 Å². The lowest BCUT2D eigenvalue weighted by Crippen LogP contribution is -2.07. The molecule has 1 amide bonds. The molecule has 0 bridgehead atoms. The predicted molar refractivity (Wildman–Crippen MR) is 102 cm³/mol. The minimum absolute atomic E-state index is 0.0561. The van der Waals surface area contributed by atoms with E-state index in [4.69, 9.17) is 9.15 Å². The van der Waals surface area contributed by atoms with Crippen molar-refractivity contribution < 1.29 is 18.9 Å². The number of hydrogen-bond acceptors (Lipinski definition) is 7. The smallest absolute Gasteiger partial charge is 0.322 e. The van der Waals surface area contributed by atoms with Crippen LogP contribution in [0.5, 0.6) is 5.75 Å². The topological polar surface area (TPSA) is 120 Å². The van der Waals surface area contributed by atoms with Gasteiger partial charge in [0, 0.05) is 23.8 Å². The zero-order valence-corrected chi connectivity index (χ0v) is 14.9. The highest BCUT2D eigenvalue weighted by Crippen LogP contribution is 2.22. The van der Waals surface area contributed by atoms with Gasteiger partial charge in [0.2, 0.25) is 5.89 Å². The first-order valence-corrected chi connectivity index (χ1v) is 8.35. The van der Waals surface area contributed by atoms with E-state index in [-0.39, 0.29) is 17.6 Å². The minimum atomic E-state index is -0.506. The molecule has 0 spiro atoms. The maximum absolute atomic E-state index is 12.0. The Hall–Kier alpha value is -4.01. The molecule has 0 saturated carbocycles. The molecule has 0 radical (unpaired) electrons. The molecule has 9 heteroatoms.